The number of aromatic nitrogens is 3. The van der Waals surface area contributed by atoms with Crippen molar-refractivity contribution in [3.8, 4) is 10.6 Å². The third kappa shape index (κ3) is 4.87. The molecule has 2 aromatic rings. The number of hydrogen-bond acceptors (Lipinski definition) is 6. The largest absolute Gasteiger partial charge is 0.373 e. The number of aryl methyl sites for hydroxylation is 1. The number of ether oxygens (including phenoxy) is 1. The summed E-state index contributed by atoms with van der Waals surface area (Å²) < 4.78 is 7.46. The van der Waals surface area contributed by atoms with Crippen LogP contribution in [0.1, 0.15) is 30.8 Å². The third-order valence-electron chi connectivity index (χ3n) is 4.12. The van der Waals surface area contributed by atoms with E-state index in [1.54, 1.807) is 16.3 Å². The Balaban J connectivity index is 1.43. The average Bonchev–Trinajstić information content (AvgIpc) is 3.19. The lowest BCUT2D eigenvalue weighted by atomic mass is 10.2. The molecule has 0 radical (unpaired) electrons. The zero-order valence-electron chi connectivity index (χ0n) is 14.9. The molecule has 0 aromatic carbocycles. The topological polar surface area (TPSA) is 72.3 Å². The summed E-state index contributed by atoms with van der Waals surface area (Å²) in [4.78, 5) is 19.0. The van der Waals surface area contributed by atoms with Crippen LogP contribution in [0, 0.1) is 0 Å². The lowest BCUT2D eigenvalue weighted by Crippen LogP contribution is -2.46. The minimum Gasteiger partial charge on any atom is -0.373 e. The molecule has 2 unspecified atom stereocenters. The Bertz CT molecular complexity index is 703. The quantitative estimate of drug-likeness (QED) is 0.792. The molecule has 136 valence electrons. The Hall–Kier alpha value is -1.77. The number of carbonyl (C=O) groups excluding carboxylic acids is 1. The van der Waals surface area contributed by atoms with Crippen molar-refractivity contribution in [3.63, 3.8) is 0 Å². The van der Waals surface area contributed by atoms with Crippen molar-refractivity contribution < 1.29 is 9.53 Å². The first kappa shape index (κ1) is 18.0. The highest BCUT2D eigenvalue weighted by atomic mass is 32.1. The van der Waals surface area contributed by atoms with Gasteiger partial charge in [-0.15, -0.1) is 11.3 Å². The molecule has 3 rings (SSSR count). The minimum atomic E-state index is -0.116. The maximum atomic E-state index is 12.2. The normalized spacial score (nSPS) is 21.4. The second-order valence-electron chi connectivity index (χ2n) is 6.57. The first-order valence-corrected chi connectivity index (χ1v) is 9.50. The molecule has 1 N–H and O–H groups in total. The predicted octanol–water partition coefficient (Wildman–Crippen LogP) is 1.77. The van der Waals surface area contributed by atoms with Gasteiger partial charge in [0, 0.05) is 50.4 Å². The fourth-order valence-electron chi connectivity index (χ4n) is 3.10. The maximum absolute atomic E-state index is 12.2. The van der Waals surface area contributed by atoms with Gasteiger partial charge in [-0.2, -0.15) is 5.10 Å². The van der Waals surface area contributed by atoms with Gasteiger partial charge in [-0.1, -0.05) is 0 Å². The number of nitrogens with one attached hydrogen (secondary N) is 1. The monoisotopic (exact) mass is 363 g/mol. The lowest BCUT2D eigenvalue weighted by molar-refractivity contribution is -0.0679. The van der Waals surface area contributed by atoms with Crippen LogP contribution in [0.25, 0.3) is 10.6 Å². The summed E-state index contributed by atoms with van der Waals surface area (Å²) in [5.41, 5.74) is 1.40. The van der Waals surface area contributed by atoms with Gasteiger partial charge in [-0.05, 0) is 20.3 Å². The smallest absolute Gasteiger partial charge is 0.270 e. The molecule has 3 heterocycles. The number of morpholine rings is 1. The van der Waals surface area contributed by atoms with Gasteiger partial charge < -0.3 is 10.1 Å². The Morgan fingerprint density at radius 1 is 1.40 bits per heavy atom. The van der Waals surface area contributed by atoms with Crippen molar-refractivity contribution in [3.05, 3.63) is 23.5 Å². The highest BCUT2D eigenvalue weighted by Crippen LogP contribution is 2.22. The van der Waals surface area contributed by atoms with Crippen LogP contribution in [-0.2, 0) is 11.8 Å². The Labute approximate surface area is 152 Å². The molecule has 8 heteroatoms. The van der Waals surface area contributed by atoms with E-state index < -0.39 is 0 Å². The first-order chi connectivity index (χ1) is 12.0. The second-order valence-corrected chi connectivity index (χ2v) is 7.43. The molecule has 2 atom stereocenters. The third-order valence-corrected chi connectivity index (χ3v) is 5.01. The summed E-state index contributed by atoms with van der Waals surface area (Å²) in [6.07, 6.45) is 5.12. The number of nitrogens with zero attached hydrogens (tertiary/aromatic N) is 4. The zero-order valence-corrected chi connectivity index (χ0v) is 15.8. The number of rotatable bonds is 6. The van der Waals surface area contributed by atoms with Crippen LogP contribution in [0.2, 0.25) is 0 Å². The molecule has 1 saturated heterocycles. The van der Waals surface area contributed by atoms with Crippen LogP contribution in [0.3, 0.4) is 0 Å². The summed E-state index contributed by atoms with van der Waals surface area (Å²) in [7, 11) is 1.86. The zero-order chi connectivity index (χ0) is 17.8. The number of thiazole rings is 1. The Morgan fingerprint density at radius 2 is 2.16 bits per heavy atom. The van der Waals surface area contributed by atoms with E-state index in [2.05, 4.69) is 34.1 Å². The van der Waals surface area contributed by atoms with E-state index in [0.717, 1.165) is 36.6 Å². The molecule has 0 aliphatic carbocycles. The molecule has 7 nitrogen and oxygen atoms in total. The summed E-state index contributed by atoms with van der Waals surface area (Å²) in [5, 5.41) is 9.70. The van der Waals surface area contributed by atoms with Gasteiger partial charge in [0.2, 0.25) is 0 Å². The van der Waals surface area contributed by atoms with Crippen LogP contribution < -0.4 is 5.32 Å². The van der Waals surface area contributed by atoms with Crippen molar-refractivity contribution >= 4 is 17.2 Å². The molecule has 0 bridgehead atoms. The Kier molecular flexibility index (Phi) is 5.82. The van der Waals surface area contributed by atoms with E-state index in [1.807, 2.05) is 13.2 Å². The van der Waals surface area contributed by atoms with Crippen LogP contribution in [0.5, 0.6) is 0 Å². The Morgan fingerprint density at radius 3 is 2.84 bits per heavy atom. The van der Waals surface area contributed by atoms with Gasteiger partial charge in [0.25, 0.3) is 5.91 Å². The highest BCUT2D eigenvalue weighted by Gasteiger charge is 2.21. The fourth-order valence-corrected chi connectivity index (χ4v) is 3.88. The number of hydrogen-bond donors (Lipinski definition) is 1. The summed E-state index contributed by atoms with van der Waals surface area (Å²) >= 11 is 1.46. The predicted molar refractivity (Wildman–Crippen MR) is 97.7 cm³/mol. The standard InChI is InChI=1S/C17H25N5O2S/c1-12-8-22(9-13(2)24-12)6-4-5-18-16(23)15-11-25-17(20-15)14-7-19-21(3)10-14/h7,10-13H,4-6,8-9H2,1-3H3,(H,18,23). The highest BCUT2D eigenvalue weighted by molar-refractivity contribution is 7.13. The fraction of sp³-hybridized carbons (Fsp3) is 0.588. The number of carbonyl (C=O) groups is 1. The van der Waals surface area contributed by atoms with Crippen LogP contribution >= 0.6 is 11.3 Å². The SMILES string of the molecule is CC1CN(CCCNC(=O)c2csc(-c3cnn(C)c3)n2)CC(C)O1. The lowest BCUT2D eigenvalue weighted by Gasteiger charge is -2.35. The van der Waals surface area contributed by atoms with Crippen LogP contribution in [-0.4, -0.2) is 64.0 Å². The summed E-state index contributed by atoms with van der Waals surface area (Å²) in [6.45, 7) is 7.74. The molecule has 1 aliphatic rings. The average molecular weight is 363 g/mol. The van der Waals surface area contributed by atoms with E-state index >= 15 is 0 Å². The van der Waals surface area contributed by atoms with Crippen molar-refractivity contribution in [1.29, 1.82) is 0 Å². The first-order valence-electron chi connectivity index (χ1n) is 8.62. The van der Waals surface area contributed by atoms with Crippen molar-refractivity contribution in [1.82, 2.24) is 25.0 Å². The molecule has 1 amide bonds. The molecule has 0 spiro atoms. The van der Waals surface area contributed by atoms with Crippen molar-refractivity contribution in [2.24, 2.45) is 7.05 Å². The maximum Gasteiger partial charge on any atom is 0.270 e. The minimum absolute atomic E-state index is 0.116. The van der Waals surface area contributed by atoms with E-state index in [0.29, 0.717) is 12.2 Å². The molecule has 2 aromatic heterocycles. The van der Waals surface area contributed by atoms with E-state index in [4.69, 9.17) is 4.74 Å². The van der Waals surface area contributed by atoms with E-state index in [1.165, 1.54) is 11.3 Å². The molecule has 0 saturated carbocycles. The van der Waals surface area contributed by atoms with Gasteiger partial charge in [0.15, 0.2) is 0 Å². The molecule has 25 heavy (non-hydrogen) atoms. The van der Waals surface area contributed by atoms with Crippen molar-refractivity contribution in [2.75, 3.05) is 26.2 Å². The van der Waals surface area contributed by atoms with Gasteiger partial charge in [0.05, 0.1) is 18.4 Å². The second kappa shape index (κ2) is 8.07. The van der Waals surface area contributed by atoms with Gasteiger partial charge >= 0.3 is 0 Å². The molecule has 1 aliphatic heterocycles. The van der Waals surface area contributed by atoms with Crippen LogP contribution in [0.4, 0.5) is 0 Å². The molecular formula is C17H25N5O2S. The van der Waals surface area contributed by atoms with Gasteiger partial charge in [-0.25, -0.2) is 4.98 Å². The van der Waals surface area contributed by atoms with Crippen molar-refractivity contribution in [2.45, 2.75) is 32.5 Å². The van der Waals surface area contributed by atoms with E-state index in [-0.39, 0.29) is 18.1 Å². The summed E-state index contributed by atoms with van der Waals surface area (Å²) in [6, 6.07) is 0. The van der Waals surface area contributed by atoms with Gasteiger partial charge in [0.1, 0.15) is 10.7 Å². The molecule has 1 fully saturated rings. The molecular weight excluding hydrogens is 338 g/mol. The van der Waals surface area contributed by atoms with Gasteiger partial charge in [-0.3, -0.25) is 14.4 Å². The van der Waals surface area contributed by atoms with Crippen LogP contribution in [0.15, 0.2) is 17.8 Å². The number of amides is 1. The van der Waals surface area contributed by atoms with E-state index in [9.17, 15) is 4.79 Å². The summed E-state index contributed by atoms with van der Waals surface area (Å²) in [5.74, 6) is -0.116.